The number of nitrogens with one attached hydrogen (secondary N) is 1. The number of carbonyl (C=O) groups is 1. The summed E-state index contributed by atoms with van der Waals surface area (Å²) >= 11 is 2.77. The summed E-state index contributed by atoms with van der Waals surface area (Å²) in [6.45, 7) is 5.77. The molecule has 3 heterocycles. The monoisotopic (exact) mass is 337 g/mol. The minimum Gasteiger partial charge on any atom is -0.342 e. The van der Waals surface area contributed by atoms with E-state index in [4.69, 9.17) is 0 Å². The molecule has 0 radical (unpaired) electrons. The fourth-order valence-electron chi connectivity index (χ4n) is 2.61. The molecule has 2 aromatic rings. The fraction of sp³-hybridized carbons (Fsp3) is 0.533. The fourth-order valence-corrected chi connectivity index (χ4v) is 4.31. The van der Waals surface area contributed by atoms with Gasteiger partial charge in [-0.05, 0) is 37.1 Å². The predicted octanol–water partition coefficient (Wildman–Crippen LogP) is 2.72. The van der Waals surface area contributed by atoms with Crippen LogP contribution in [0.5, 0.6) is 0 Å². The molecule has 2 aromatic heterocycles. The lowest BCUT2D eigenvalue weighted by Crippen LogP contribution is -2.41. The van der Waals surface area contributed by atoms with E-state index in [1.807, 2.05) is 17.2 Å². The van der Waals surface area contributed by atoms with Crippen molar-refractivity contribution in [2.24, 2.45) is 5.92 Å². The molecular weight excluding hydrogens is 318 g/mol. The predicted molar refractivity (Wildman–Crippen MR) is 90.5 cm³/mol. The van der Waals surface area contributed by atoms with Gasteiger partial charge >= 0.3 is 0 Å². The lowest BCUT2D eigenvalue weighted by atomic mass is 9.99. The normalized spacial score (nSPS) is 17.8. The van der Waals surface area contributed by atoms with E-state index in [-0.39, 0.29) is 16.7 Å². The standard InChI is InChI=1S/C15H19N3O2S2/c1-9-3-6-18(7-4-9)14(20)10(2)22-15-16-12(19)11-5-8-21-13(11)17-15/h5,8-10H,3-4,6-7H2,1-2H3,(H,16,17,19)/t10-/m1/s1. The van der Waals surface area contributed by atoms with E-state index in [9.17, 15) is 9.59 Å². The zero-order valence-corrected chi connectivity index (χ0v) is 14.3. The van der Waals surface area contributed by atoms with E-state index in [1.165, 1.54) is 23.1 Å². The molecule has 3 rings (SSSR count). The van der Waals surface area contributed by atoms with E-state index in [2.05, 4.69) is 16.9 Å². The summed E-state index contributed by atoms with van der Waals surface area (Å²) < 4.78 is 0. The van der Waals surface area contributed by atoms with E-state index < -0.39 is 0 Å². The number of amides is 1. The highest BCUT2D eigenvalue weighted by Crippen LogP contribution is 2.25. The minimum atomic E-state index is -0.242. The van der Waals surface area contributed by atoms with Gasteiger partial charge in [0.2, 0.25) is 5.91 Å². The van der Waals surface area contributed by atoms with Gasteiger partial charge in [-0.25, -0.2) is 4.98 Å². The molecule has 1 fully saturated rings. The van der Waals surface area contributed by atoms with Gasteiger partial charge in [0, 0.05) is 13.1 Å². The second-order valence-electron chi connectivity index (χ2n) is 5.78. The number of likely N-dealkylation sites (tertiary alicyclic amines) is 1. The molecule has 5 nitrogen and oxygen atoms in total. The van der Waals surface area contributed by atoms with Crippen molar-refractivity contribution < 1.29 is 4.79 Å². The molecule has 0 aromatic carbocycles. The summed E-state index contributed by atoms with van der Waals surface area (Å²) in [6, 6.07) is 1.77. The molecule has 0 saturated carbocycles. The Balaban J connectivity index is 1.71. The number of aromatic nitrogens is 2. The number of aromatic amines is 1. The summed E-state index contributed by atoms with van der Waals surface area (Å²) in [7, 11) is 0. The van der Waals surface area contributed by atoms with Gasteiger partial charge in [0.1, 0.15) is 4.83 Å². The van der Waals surface area contributed by atoms with Gasteiger partial charge < -0.3 is 9.88 Å². The first-order chi connectivity index (χ1) is 10.5. The van der Waals surface area contributed by atoms with Crippen molar-refractivity contribution in [2.45, 2.75) is 37.1 Å². The highest BCUT2D eigenvalue weighted by atomic mass is 32.2. The number of H-pyrrole nitrogens is 1. The largest absolute Gasteiger partial charge is 0.342 e. The molecular formula is C15H19N3O2S2. The maximum atomic E-state index is 12.5. The molecule has 1 aliphatic rings. The molecule has 0 aliphatic carbocycles. The molecule has 118 valence electrons. The molecule has 1 atom stereocenters. The number of rotatable bonds is 3. The van der Waals surface area contributed by atoms with Crippen molar-refractivity contribution in [1.29, 1.82) is 0 Å². The maximum absolute atomic E-state index is 12.5. The number of hydrogen-bond donors (Lipinski definition) is 1. The molecule has 0 unspecified atom stereocenters. The number of nitrogens with zero attached hydrogens (tertiary/aromatic N) is 2. The van der Waals surface area contributed by atoms with Crippen molar-refractivity contribution in [3.05, 3.63) is 21.8 Å². The lowest BCUT2D eigenvalue weighted by molar-refractivity contribution is -0.131. The van der Waals surface area contributed by atoms with E-state index >= 15 is 0 Å². The summed E-state index contributed by atoms with van der Waals surface area (Å²) in [5, 5.41) is 2.74. The molecule has 1 amide bonds. The van der Waals surface area contributed by atoms with Gasteiger partial charge in [-0.3, -0.25) is 9.59 Å². The molecule has 0 bridgehead atoms. The van der Waals surface area contributed by atoms with Crippen molar-refractivity contribution in [3.8, 4) is 0 Å². The van der Waals surface area contributed by atoms with Crippen LogP contribution in [0, 0.1) is 5.92 Å². The average Bonchev–Trinajstić information content (AvgIpc) is 2.96. The highest BCUT2D eigenvalue weighted by molar-refractivity contribution is 8.00. The van der Waals surface area contributed by atoms with Crippen molar-refractivity contribution in [3.63, 3.8) is 0 Å². The number of piperidine rings is 1. The van der Waals surface area contributed by atoms with Crippen molar-refractivity contribution >= 4 is 39.2 Å². The lowest BCUT2D eigenvalue weighted by Gasteiger charge is -2.31. The molecule has 1 N–H and O–H groups in total. The molecule has 22 heavy (non-hydrogen) atoms. The Hall–Kier alpha value is -1.34. The smallest absolute Gasteiger partial charge is 0.260 e. The Morgan fingerprint density at radius 2 is 2.23 bits per heavy atom. The quantitative estimate of drug-likeness (QED) is 0.691. The van der Waals surface area contributed by atoms with Gasteiger partial charge in [-0.15, -0.1) is 11.3 Å². The number of hydrogen-bond acceptors (Lipinski definition) is 5. The van der Waals surface area contributed by atoms with Crippen LogP contribution in [0.15, 0.2) is 21.4 Å². The number of fused-ring (bicyclic) bond motifs is 1. The minimum absolute atomic E-state index is 0.130. The van der Waals surface area contributed by atoms with Crippen LogP contribution in [0.4, 0.5) is 0 Å². The maximum Gasteiger partial charge on any atom is 0.260 e. The zero-order chi connectivity index (χ0) is 15.7. The third-order valence-electron chi connectivity index (χ3n) is 4.04. The summed E-state index contributed by atoms with van der Waals surface area (Å²) in [4.78, 5) is 34.3. The van der Waals surface area contributed by atoms with Gasteiger partial charge in [-0.2, -0.15) is 0 Å². The van der Waals surface area contributed by atoms with Crippen molar-refractivity contribution in [2.75, 3.05) is 13.1 Å². The third-order valence-corrected chi connectivity index (χ3v) is 5.82. The van der Waals surface area contributed by atoms with Gasteiger partial charge in [-0.1, -0.05) is 18.7 Å². The van der Waals surface area contributed by atoms with Crippen LogP contribution in [-0.4, -0.2) is 39.1 Å². The Kier molecular flexibility index (Phi) is 4.54. The van der Waals surface area contributed by atoms with Crippen LogP contribution in [0.25, 0.3) is 10.2 Å². The molecule has 1 aliphatic heterocycles. The number of carbonyl (C=O) groups excluding carboxylic acids is 1. The highest BCUT2D eigenvalue weighted by Gasteiger charge is 2.25. The second kappa shape index (κ2) is 6.42. The summed E-state index contributed by atoms with van der Waals surface area (Å²) in [6.07, 6.45) is 2.14. The van der Waals surface area contributed by atoms with E-state index in [1.54, 1.807) is 6.07 Å². The first-order valence-corrected chi connectivity index (χ1v) is 9.23. The van der Waals surface area contributed by atoms with Gasteiger partial charge in [0.25, 0.3) is 5.56 Å². The van der Waals surface area contributed by atoms with Gasteiger partial charge in [0.15, 0.2) is 5.16 Å². The second-order valence-corrected chi connectivity index (χ2v) is 8.00. The van der Waals surface area contributed by atoms with Crippen LogP contribution in [0.2, 0.25) is 0 Å². The number of thioether (sulfide) groups is 1. The molecule has 1 saturated heterocycles. The van der Waals surface area contributed by atoms with Crippen LogP contribution >= 0.6 is 23.1 Å². The Labute approximate surface area is 137 Å². The van der Waals surface area contributed by atoms with Crippen LogP contribution in [0.1, 0.15) is 26.7 Å². The average molecular weight is 337 g/mol. The third kappa shape index (κ3) is 3.20. The number of thiophene rings is 1. The van der Waals surface area contributed by atoms with Crippen molar-refractivity contribution in [1.82, 2.24) is 14.9 Å². The molecule has 7 heteroatoms. The first kappa shape index (κ1) is 15.6. The molecule has 0 spiro atoms. The summed E-state index contributed by atoms with van der Waals surface area (Å²) in [5.74, 6) is 0.831. The van der Waals surface area contributed by atoms with Crippen LogP contribution in [-0.2, 0) is 4.79 Å². The Morgan fingerprint density at radius 1 is 1.50 bits per heavy atom. The Morgan fingerprint density at radius 3 is 2.95 bits per heavy atom. The van der Waals surface area contributed by atoms with Gasteiger partial charge in [0.05, 0.1) is 10.6 Å². The topological polar surface area (TPSA) is 66.1 Å². The SMILES string of the molecule is CC1CCN(C(=O)[C@@H](C)Sc2nc3sccc3c(=O)[nH]2)CC1. The first-order valence-electron chi connectivity index (χ1n) is 7.47. The van der Waals surface area contributed by atoms with Crippen LogP contribution in [0.3, 0.4) is 0 Å². The Bertz CT molecular complexity index is 732. The van der Waals surface area contributed by atoms with E-state index in [0.29, 0.717) is 16.5 Å². The zero-order valence-electron chi connectivity index (χ0n) is 12.7. The summed E-state index contributed by atoms with van der Waals surface area (Å²) in [5.41, 5.74) is -0.139. The van der Waals surface area contributed by atoms with E-state index in [0.717, 1.165) is 30.8 Å². The van der Waals surface area contributed by atoms with Crippen LogP contribution < -0.4 is 5.56 Å².